The van der Waals surface area contributed by atoms with Gasteiger partial charge in [0.2, 0.25) is 0 Å². The van der Waals surface area contributed by atoms with Crippen molar-refractivity contribution in [2.75, 3.05) is 5.32 Å². The number of nitrogens with one attached hydrogen (secondary N) is 2. The van der Waals surface area contributed by atoms with Gasteiger partial charge in [-0.3, -0.25) is 4.79 Å². The van der Waals surface area contributed by atoms with Gasteiger partial charge in [0, 0.05) is 5.56 Å². The van der Waals surface area contributed by atoms with E-state index >= 15 is 0 Å². The summed E-state index contributed by atoms with van der Waals surface area (Å²) in [5.41, 5.74) is 2.61. The van der Waals surface area contributed by atoms with E-state index in [1.165, 1.54) is 19.6 Å². The van der Waals surface area contributed by atoms with Gasteiger partial charge >= 0.3 is 5.97 Å². The summed E-state index contributed by atoms with van der Waals surface area (Å²) < 4.78 is 10.8. The molecule has 5 rings (SSSR count). The van der Waals surface area contributed by atoms with Crippen molar-refractivity contribution in [3.8, 4) is 11.3 Å². The van der Waals surface area contributed by atoms with Crippen molar-refractivity contribution in [2.45, 2.75) is 13.0 Å². The Hall–Kier alpha value is -4.60. The van der Waals surface area contributed by atoms with Gasteiger partial charge < -0.3 is 19.6 Å². The van der Waals surface area contributed by atoms with Gasteiger partial charge in [-0.15, -0.1) is 0 Å². The molecule has 0 aliphatic heterocycles. The number of rotatable bonds is 5. The van der Waals surface area contributed by atoms with E-state index in [4.69, 9.17) is 9.26 Å². The Bertz CT molecular complexity index is 1440. The highest BCUT2D eigenvalue weighted by Crippen LogP contribution is 2.29. The monoisotopic (exact) mass is 428 g/mol. The molecule has 3 heterocycles. The number of anilines is 1. The largest absolute Gasteiger partial charge is 0.449 e. The first-order valence-corrected chi connectivity index (χ1v) is 9.71. The van der Waals surface area contributed by atoms with Crippen molar-refractivity contribution < 1.29 is 18.8 Å². The molecule has 3 aromatic heterocycles. The number of hydrogen-bond acceptors (Lipinski definition) is 8. The van der Waals surface area contributed by atoms with Crippen LogP contribution in [0.4, 0.5) is 5.82 Å². The van der Waals surface area contributed by atoms with Crippen LogP contribution < -0.4 is 5.32 Å². The lowest BCUT2D eigenvalue weighted by atomic mass is 10.1. The highest BCUT2D eigenvalue weighted by molar-refractivity contribution is 6.02. The van der Waals surface area contributed by atoms with Gasteiger partial charge in [0.25, 0.3) is 5.91 Å². The number of esters is 1. The molecular weight excluding hydrogens is 412 g/mol. The van der Waals surface area contributed by atoms with Crippen LogP contribution in [0.25, 0.3) is 33.4 Å². The van der Waals surface area contributed by atoms with Crippen LogP contribution >= 0.6 is 0 Å². The topological polar surface area (TPSA) is 136 Å². The van der Waals surface area contributed by atoms with Gasteiger partial charge in [0.1, 0.15) is 17.4 Å². The summed E-state index contributed by atoms with van der Waals surface area (Å²) in [6.45, 7) is 1.48. The number of carbonyl (C=O) groups excluding carboxylic acids is 2. The van der Waals surface area contributed by atoms with Crippen LogP contribution in [0.5, 0.6) is 0 Å². The fourth-order valence-corrected chi connectivity index (χ4v) is 3.23. The minimum atomic E-state index is -1.07. The number of nitrogens with zero attached hydrogens (tertiary/aromatic N) is 4. The molecule has 0 saturated heterocycles. The molecule has 0 bridgehead atoms. The number of ether oxygens (including phenoxy) is 1. The lowest BCUT2D eigenvalue weighted by Crippen LogP contribution is -2.30. The third-order valence-electron chi connectivity index (χ3n) is 4.87. The standard InChI is InChI=1S/C22H16N6O4/c1-12(21(29)27-20-17-19(24-10-23-17)25-11-26-20)31-22(30)14-7-8-16-15(9-14)18(32-28-16)13-5-3-2-4-6-13/h2-12H,1H3,(H2,23,24,25,26,27,29). The lowest BCUT2D eigenvalue weighted by molar-refractivity contribution is -0.123. The van der Waals surface area contributed by atoms with Crippen LogP contribution in [0, 0.1) is 0 Å². The lowest BCUT2D eigenvalue weighted by Gasteiger charge is -2.13. The Morgan fingerprint density at radius 3 is 2.78 bits per heavy atom. The second kappa shape index (κ2) is 7.91. The zero-order valence-electron chi connectivity index (χ0n) is 16.8. The Morgan fingerprint density at radius 1 is 1.09 bits per heavy atom. The molecule has 10 nitrogen and oxygen atoms in total. The summed E-state index contributed by atoms with van der Waals surface area (Å²) in [5, 5.41) is 7.33. The molecule has 5 aromatic rings. The number of aromatic amines is 1. The van der Waals surface area contributed by atoms with Gasteiger partial charge in [0.15, 0.2) is 23.3 Å². The van der Waals surface area contributed by atoms with E-state index in [-0.39, 0.29) is 11.4 Å². The molecule has 10 heteroatoms. The van der Waals surface area contributed by atoms with Gasteiger partial charge in [-0.1, -0.05) is 35.5 Å². The molecule has 2 aromatic carbocycles. The predicted molar refractivity (Wildman–Crippen MR) is 115 cm³/mol. The van der Waals surface area contributed by atoms with Crippen molar-refractivity contribution in [1.82, 2.24) is 25.1 Å². The third kappa shape index (κ3) is 3.54. The molecule has 1 unspecified atom stereocenters. The van der Waals surface area contributed by atoms with Crippen LogP contribution in [0.1, 0.15) is 17.3 Å². The Morgan fingerprint density at radius 2 is 1.94 bits per heavy atom. The van der Waals surface area contributed by atoms with E-state index in [9.17, 15) is 9.59 Å². The molecular formula is C22H16N6O4. The molecule has 0 aliphatic carbocycles. The van der Waals surface area contributed by atoms with Gasteiger partial charge in [-0.05, 0) is 25.1 Å². The van der Waals surface area contributed by atoms with E-state index in [0.717, 1.165) is 5.56 Å². The van der Waals surface area contributed by atoms with Crippen LogP contribution in [0.3, 0.4) is 0 Å². The van der Waals surface area contributed by atoms with Crippen molar-refractivity contribution in [2.24, 2.45) is 0 Å². The molecule has 2 N–H and O–H groups in total. The van der Waals surface area contributed by atoms with Crippen LogP contribution in [-0.4, -0.2) is 43.1 Å². The van der Waals surface area contributed by atoms with E-state index in [1.54, 1.807) is 18.2 Å². The summed E-state index contributed by atoms with van der Waals surface area (Å²) >= 11 is 0. The maximum absolute atomic E-state index is 12.7. The molecule has 1 amide bonds. The molecule has 158 valence electrons. The smallest absolute Gasteiger partial charge is 0.338 e. The minimum absolute atomic E-state index is 0.249. The summed E-state index contributed by atoms with van der Waals surface area (Å²) in [6.07, 6.45) is 1.67. The maximum atomic E-state index is 12.7. The first-order chi connectivity index (χ1) is 15.6. The highest BCUT2D eigenvalue weighted by Gasteiger charge is 2.22. The zero-order valence-corrected chi connectivity index (χ0v) is 16.8. The van der Waals surface area contributed by atoms with Crippen molar-refractivity contribution in [3.63, 3.8) is 0 Å². The predicted octanol–water partition coefficient (Wildman–Crippen LogP) is 3.35. The first kappa shape index (κ1) is 19.4. The number of amides is 1. The molecule has 1 atom stereocenters. The Kier molecular flexibility index (Phi) is 4.79. The zero-order chi connectivity index (χ0) is 22.1. The highest BCUT2D eigenvalue weighted by atomic mass is 16.5. The normalized spacial score (nSPS) is 12.0. The number of carbonyl (C=O) groups is 2. The summed E-state index contributed by atoms with van der Waals surface area (Å²) in [7, 11) is 0. The SMILES string of the molecule is CC(OC(=O)c1ccc2noc(-c3ccccc3)c2c1)C(=O)Nc1ncnc2nc[nH]c12. The number of hydrogen-bond donors (Lipinski definition) is 2. The van der Waals surface area contributed by atoms with E-state index < -0.39 is 18.0 Å². The van der Waals surface area contributed by atoms with Crippen LogP contribution in [0.2, 0.25) is 0 Å². The summed E-state index contributed by atoms with van der Waals surface area (Å²) in [5.74, 6) is -0.389. The van der Waals surface area contributed by atoms with Gasteiger partial charge in [0.05, 0.1) is 17.3 Å². The number of fused-ring (bicyclic) bond motifs is 2. The molecule has 0 fully saturated rings. The molecule has 0 spiro atoms. The molecule has 0 aliphatic rings. The number of aromatic nitrogens is 5. The molecule has 0 saturated carbocycles. The fraction of sp³-hybridized carbons (Fsp3) is 0.0909. The number of benzene rings is 2. The van der Waals surface area contributed by atoms with E-state index in [1.807, 2.05) is 30.3 Å². The maximum Gasteiger partial charge on any atom is 0.338 e. The van der Waals surface area contributed by atoms with Gasteiger partial charge in [-0.25, -0.2) is 19.7 Å². The van der Waals surface area contributed by atoms with Crippen molar-refractivity contribution in [3.05, 3.63) is 66.7 Å². The van der Waals surface area contributed by atoms with Crippen LogP contribution in [0.15, 0.2) is 65.7 Å². The quantitative estimate of drug-likeness (QED) is 0.407. The fourth-order valence-electron chi connectivity index (χ4n) is 3.23. The van der Waals surface area contributed by atoms with Gasteiger partial charge in [-0.2, -0.15) is 0 Å². The molecule has 32 heavy (non-hydrogen) atoms. The van der Waals surface area contributed by atoms with Crippen molar-refractivity contribution >= 4 is 39.8 Å². The minimum Gasteiger partial charge on any atom is -0.449 e. The van der Waals surface area contributed by atoms with Crippen molar-refractivity contribution in [1.29, 1.82) is 0 Å². The first-order valence-electron chi connectivity index (χ1n) is 9.71. The Balaban J connectivity index is 1.34. The third-order valence-corrected chi connectivity index (χ3v) is 4.87. The second-order valence-corrected chi connectivity index (χ2v) is 6.97. The van der Waals surface area contributed by atoms with E-state index in [2.05, 4.69) is 30.4 Å². The summed E-state index contributed by atoms with van der Waals surface area (Å²) in [6, 6.07) is 14.3. The molecule has 0 radical (unpaired) electrons. The number of H-pyrrole nitrogens is 1. The number of imidazole rings is 1. The summed E-state index contributed by atoms with van der Waals surface area (Å²) in [4.78, 5) is 40.1. The average Bonchev–Trinajstić information content (AvgIpc) is 3.46. The Labute approximate surface area is 180 Å². The van der Waals surface area contributed by atoms with E-state index in [0.29, 0.717) is 27.8 Å². The van der Waals surface area contributed by atoms with Crippen LogP contribution in [-0.2, 0) is 9.53 Å². The second-order valence-electron chi connectivity index (χ2n) is 6.97. The average molecular weight is 428 g/mol.